The third kappa shape index (κ3) is 1.29. The maximum Gasteiger partial charge on any atom is 0.134 e. The van der Waals surface area contributed by atoms with E-state index in [2.05, 4.69) is 6.07 Å². The Morgan fingerprint density at radius 3 is 2.37 bits per heavy atom. The molecule has 1 N–H and O–H groups in total. The summed E-state index contributed by atoms with van der Waals surface area (Å²) in [5.41, 5.74) is 1.63. The second-order valence-corrected chi connectivity index (χ2v) is 5.65. The summed E-state index contributed by atoms with van der Waals surface area (Å²) in [6.07, 6.45) is 1.82. The van der Waals surface area contributed by atoms with Gasteiger partial charge in [-0.1, -0.05) is 18.2 Å². The van der Waals surface area contributed by atoms with Crippen molar-refractivity contribution in [2.75, 3.05) is 33.0 Å². The fourth-order valence-electron chi connectivity index (χ4n) is 3.27. The van der Waals surface area contributed by atoms with Crippen LogP contribution >= 0.6 is 0 Å². The van der Waals surface area contributed by atoms with Gasteiger partial charge < -0.3 is 19.0 Å². The molecule has 4 heteroatoms. The van der Waals surface area contributed by atoms with E-state index in [4.69, 9.17) is 13.9 Å². The van der Waals surface area contributed by atoms with Crippen LogP contribution in [0.3, 0.4) is 0 Å². The zero-order chi connectivity index (χ0) is 12.9. The van der Waals surface area contributed by atoms with Crippen molar-refractivity contribution in [2.45, 2.75) is 5.41 Å². The maximum absolute atomic E-state index is 9.84. The molecule has 0 aliphatic carbocycles. The Labute approximate surface area is 110 Å². The van der Waals surface area contributed by atoms with Gasteiger partial charge in [0.25, 0.3) is 0 Å². The number of ether oxygens (including phenoxy) is 2. The number of hydrogen-bond donors (Lipinski definition) is 1. The predicted octanol–water partition coefficient (Wildman–Crippen LogP) is 1.71. The molecule has 0 saturated carbocycles. The summed E-state index contributed by atoms with van der Waals surface area (Å²) >= 11 is 0. The number of rotatable bonds is 3. The fourth-order valence-corrected chi connectivity index (χ4v) is 3.27. The van der Waals surface area contributed by atoms with Gasteiger partial charge in [0.15, 0.2) is 0 Å². The van der Waals surface area contributed by atoms with E-state index in [0.29, 0.717) is 26.4 Å². The summed E-state index contributed by atoms with van der Waals surface area (Å²) in [5.74, 6) is 0. The zero-order valence-electron chi connectivity index (χ0n) is 10.6. The van der Waals surface area contributed by atoms with Crippen molar-refractivity contribution in [3.05, 3.63) is 36.1 Å². The third-order valence-electron chi connectivity index (χ3n) is 4.77. The number of furan rings is 1. The third-order valence-corrected chi connectivity index (χ3v) is 4.77. The van der Waals surface area contributed by atoms with E-state index < -0.39 is 0 Å². The molecule has 2 aromatic rings. The standard InChI is InChI=1S/C15H16O4/c16-6-14(7-17-8-14)15(9-18-10-15)12-5-19-13-4-2-1-3-11(12)13/h1-5,16H,6-10H2. The molecule has 1 aromatic carbocycles. The van der Waals surface area contributed by atoms with Crippen molar-refractivity contribution in [1.29, 1.82) is 0 Å². The van der Waals surface area contributed by atoms with Crippen molar-refractivity contribution < 1.29 is 19.0 Å². The van der Waals surface area contributed by atoms with Crippen molar-refractivity contribution in [3.8, 4) is 0 Å². The lowest BCUT2D eigenvalue weighted by Gasteiger charge is -2.58. The average Bonchev–Trinajstić information content (AvgIpc) is 2.75. The highest BCUT2D eigenvalue weighted by molar-refractivity contribution is 5.82. The molecule has 0 unspecified atom stereocenters. The molecule has 0 atom stereocenters. The van der Waals surface area contributed by atoms with Crippen LogP contribution in [0.2, 0.25) is 0 Å². The van der Waals surface area contributed by atoms with Crippen molar-refractivity contribution in [3.63, 3.8) is 0 Å². The highest BCUT2D eigenvalue weighted by atomic mass is 16.5. The number of benzene rings is 1. The predicted molar refractivity (Wildman–Crippen MR) is 69.0 cm³/mol. The summed E-state index contributed by atoms with van der Waals surface area (Å²) in [6.45, 7) is 2.55. The van der Waals surface area contributed by atoms with E-state index in [1.165, 1.54) is 0 Å². The molecule has 19 heavy (non-hydrogen) atoms. The van der Waals surface area contributed by atoms with Crippen LogP contribution in [-0.2, 0) is 14.9 Å². The Bertz CT molecular complexity index is 602. The molecule has 4 nitrogen and oxygen atoms in total. The Morgan fingerprint density at radius 1 is 1.05 bits per heavy atom. The molecule has 0 bridgehead atoms. The topological polar surface area (TPSA) is 51.8 Å². The first-order chi connectivity index (χ1) is 9.31. The van der Waals surface area contributed by atoms with Gasteiger partial charge >= 0.3 is 0 Å². The summed E-state index contributed by atoms with van der Waals surface area (Å²) < 4.78 is 16.5. The minimum absolute atomic E-state index is 0.121. The minimum atomic E-state index is -0.224. The van der Waals surface area contributed by atoms with Crippen LogP contribution in [0.15, 0.2) is 34.9 Å². The van der Waals surface area contributed by atoms with Crippen LogP contribution in [0, 0.1) is 5.41 Å². The van der Waals surface area contributed by atoms with Crippen molar-refractivity contribution >= 4 is 11.0 Å². The number of para-hydroxylation sites is 1. The van der Waals surface area contributed by atoms with Gasteiger partial charge in [0.2, 0.25) is 0 Å². The van der Waals surface area contributed by atoms with Crippen molar-refractivity contribution in [2.24, 2.45) is 5.41 Å². The molecule has 4 rings (SSSR count). The van der Waals surface area contributed by atoms with Gasteiger partial charge in [0.1, 0.15) is 5.58 Å². The highest BCUT2D eigenvalue weighted by Gasteiger charge is 2.61. The van der Waals surface area contributed by atoms with Crippen LogP contribution in [0.25, 0.3) is 11.0 Å². The smallest absolute Gasteiger partial charge is 0.134 e. The molecule has 0 radical (unpaired) electrons. The molecule has 2 aliphatic heterocycles. The number of hydrogen-bond acceptors (Lipinski definition) is 4. The van der Waals surface area contributed by atoms with Crippen molar-refractivity contribution in [1.82, 2.24) is 0 Å². The van der Waals surface area contributed by atoms with Crippen LogP contribution in [0.5, 0.6) is 0 Å². The second kappa shape index (κ2) is 3.82. The normalized spacial score (nSPS) is 23.8. The molecule has 2 fully saturated rings. The first-order valence-electron chi connectivity index (χ1n) is 6.54. The molecule has 100 valence electrons. The molecule has 0 spiro atoms. The van der Waals surface area contributed by atoms with Gasteiger partial charge in [-0.25, -0.2) is 0 Å². The molecule has 2 saturated heterocycles. The Balaban J connectivity index is 1.89. The molecule has 2 aliphatic rings. The lowest BCUT2D eigenvalue weighted by atomic mass is 9.57. The average molecular weight is 260 g/mol. The Morgan fingerprint density at radius 2 is 1.79 bits per heavy atom. The van der Waals surface area contributed by atoms with E-state index in [1.807, 2.05) is 24.5 Å². The highest BCUT2D eigenvalue weighted by Crippen LogP contribution is 2.53. The lowest BCUT2D eigenvalue weighted by molar-refractivity contribution is -0.241. The van der Waals surface area contributed by atoms with E-state index in [1.54, 1.807) is 0 Å². The number of fused-ring (bicyclic) bond motifs is 1. The van der Waals surface area contributed by atoms with Gasteiger partial charge in [-0.05, 0) is 6.07 Å². The van der Waals surface area contributed by atoms with Crippen LogP contribution in [-0.4, -0.2) is 38.1 Å². The van der Waals surface area contributed by atoms with E-state index in [9.17, 15) is 5.11 Å². The molecule has 3 heterocycles. The van der Waals surface area contributed by atoms with Gasteiger partial charge in [-0.3, -0.25) is 0 Å². The second-order valence-electron chi connectivity index (χ2n) is 5.65. The van der Waals surface area contributed by atoms with Gasteiger partial charge in [-0.2, -0.15) is 0 Å². The molecular formula is C15H16O4. The maximum atomic E-state index is 9.84. The summed E-state index contributed by atoms with van der Waals surface area (Å²) in [4.78, 5) is 0. The van der Waals surface area contributed by atoms with Crippen LogP contribution in [0.4, 0.5) is 0 Å². The SMILES string of the molecule is OCC1(C2(c3coc4ccccc34)COC2)COC1. The van der Waals surface area contributed by atoms with E-state index in [-0.39, 0.29) is 17.4 Å². The van der Waals surface area contributed by atoms with Crippen LogP contribution in [0.1, 0.15) is 5.56 Å². The van der Waals surface area contributed by atoms with Crippen LogP contribution < -0.4 is 0 Å². The minimum Gasteiger partial charge on any atom is -0.464 e. The summed E-state index contributed by atoms with van der Waals surface area (Å²) in [5, 5.41) is 11.0. The van der Waals surface area contributed by atoms with Gasteiger partial charge in [-0.15, -0.1) is 0 Å². The number of aliphatic hydroxyl groups excluding tert-OH is 1. The fraction of sp³-hybridized carbons (Fsp3) is 0.467. The zero-order valence-corrected chi connectivity index (χ0v) is 10.6. The molecule has 1 aromatic heterocycles. The van der Waals surface area contributed by atoms with E-state index in [0.717, 1.165) is 16.5 Å². The number of aliphatic hydroxyl groups is 1. The summed E-state index contributed by atoms with van der Waals surface area (Å²) in [7, 11) is 0. The first kappa shape index (κ1) is 11.5. The van der Waals surface area contributed by atoms with Gasteiger partial charge in [0, 0.05) is 10.9 Å². The first-order valence-corrected chi connectivity index (χ1v) is 6.54. The van der Waals surface area contributed by atoms with Gasteiger partial charge in [0.05, 0.1) is 50.1 Å². The monoisotopic (exact) mass is 260 g/mol. The quantitative estimate of drug-likeness (QED) is 0.912. The summed E-state index contributed by atoms with van der Waals surface area (Å²) in [6, 6.07) is 8.01. The largest absolute Gasteiger partial charge is 0.464 e. The lowest BCUT2D eigenvalue weighted by Crippen LogP contribution is -2.68. The molecular weight excluding hydrogens is 244 g/mol. The Hall–Kier alpha value is -1.36. The Kier molecular flexibility index (Phi) is 2.31. The van der Waals surface area contributed by atoms with E-state index >= 15 is 0 Å². The molecule has 0 amide bonds.